The average molecular weight is 1110 g/mol. The third-order valence-corrected chi connectivity index (χ3v) is 14.6. The Kier molecular flexibility index (Phi) is 11.9. The SMILES string of the molecule is Brc1cnc2c(n1)oc1c(-c3ccccc3)cc3ccccc3c12.Clc1cccc(-c2cnc3c(n2)oc2c(-c4ccccc4)cc4ccccc4c23)c1.Clc1cnc2c(n1)oc1c(-c3ccccc3)cc3ccccc3c12. The molecule has 0 radical (unpaired) electrons. The van der Waals surface area contributed by atoms with Crippen LogP contribution >= 0.6 is 39.1 Å². The van der Waals surface area contributed by atoms with Crippen molar-refractivity contribution in [3.63, 3.8) is 0 Å². The average Bonchev–Trinajstić information content (AvgIpc) is 4.29. The van der Waals surface area contributed by atoms with Crippen LogP contribution in [0.2, 0.25) is 10.2 Å². The molecule has 0 aliphatic rings. The summed E-state index contributed by atoms with van der Waals surface area (Å²) in [7, 11) is 0. The monoisotopic (exact) mass is 1110 g/mol. The van der Waals surface area contributed by atoms with Gasteiger partial charge in [-0.3, -0.25) is 0 Å². The number of hydrogen-bond donors (Lipinski definition) is 0. The van der Waals surface area contributed by atoms with Gasteiger partial charge in [-0.05, 0) is 95.3 Å². The Labute approximate surface area is 462 Å². The molecule has 6 heterocycles. The van der Waals surface area contributed by atoms with E-state index < -0.39 is 0 Å². The molecule has 0 amide bonds. The van der Waals surface area contributed by atoms with E-state index in [1.54, 1.807) is 18.6 Å². The van der Waals surface area contributed by atoms with Crippen LogP contribution in [-0.4, -0.2) is 29.9 Å². The van der Waals surface area contributed by atoms with Crippen LogP contribution in [0, 0.1) is 0 Å². The van der Waals surface area contributed by atoms with Gasteiger partial charge >= 0.3 is 0 Å². The van der Waals surface area contributed by atoms with Crippen LogP contribution in [-0.2, 0) is 0 Å². The Morgan fingerprint density at radius 1 is 0.346 bits per heavy atom. The van der Waals surface area contributed by atoms with E-state index in [9.17, 15) is 0 Å². The smallest absolute Gasteiger partial charge is 0.247 e. The van der Waals surface area contributed by atoms with Gasteiger partial charge in [-0.25, -0.2) is 24.9 Å². The molecule has 0 N–H and O–H groups in total. The van der Waals surface area contributed by atoms with Gasteiger partial charge in [0, 0.05) is 27.3 Å². The molecule has 370 valence electrons. The van der Waals surface area contributed by atoms with Gasteiger partial charge in [0.1, 0.15) is 37.9 Å². The fourth-order valence-electron chi connectivity index (χ4n) is 10.4. The second kappa shape index (κ2) is 19.7. The summed E-state index contributed by atoms with van der Waals surface area (Å²) in [6.07, 6.45) is 5.05. The maximum absolute atomic E-state index is 6.33. The molecule has 12 heteroatoms. The summed E-state index contributed by atoms with van der Waals surface area (Å²) in [5, 5.41) is 10.8. The molecule has 78 heavy (non-hydrogen) atoms. The first-order valence-corrected chi connectivity index (χ1v) is 26.5. The van der Waals surface area contributed by atoms with Crippen molar-refractivity contribution in [1.82, 2.24) is 29.9 Å². The molecule has 0 saturated carbocycles. The lowest BCUT2D eigenvalue weighted by atomic mass is 9.97. The van der Waals surface area contributed by atoms with Gasteiger partial charge in [0.2, 0.25) is 17.1 Å². The van der Waals surface area contributed by atoms with E-state index in [0.717, 1.165) is 126 Å². The van der Waals surface area contributed by atoms with E-state index in [2.05, 4.69) is 127 Å². The minimum Gasteiger partial charge on any atom is -0.436 e. The third kappa shape index (κ3) is 8.43. The fraction of sp³-hybridized carbons (Fsp3) is 0. The van der Waals surface area contributed by atoms with E-state index in [0.29, 0.717) is 31.9 Å². The van der Waals surface area contributed by atoms with Crippen molar-refractivity contribution in [3.05, 3.63) is 240 Å². The summed E-state index contributed by atoms with van der Waals surface area (Å²) in [6, 6.07) is 69.7. The number of furan rings is 3. The number of aromatic nitrogens is 6. The molecule has 0 spiro atoms. The van der Waals surface area contributed by atoms with E-state index in [1.165, 1.54) is 0 Å². The predicted molar refractivity (Wildman–Crippen MR) is 320 cm³/mol. The van der Waals surface area contributed by atoms with Crippen molar-refractivity contribution in [2.24, 2.45) is 0 Å². The normalized spacial score (nSPS) is 11.5. The summed E-state index contributed by atoms with van der Waals surface area (Å²) < 4.78 is 19.2. The molecule has 0 aliphatic heterocycles. The van der Waals surface area contributed by atoms with Gasteiger partial charge in [-0.1, -0.05) is 199 Å². The van der Waals surface area contributed by atoms with Gasteiger partial charge in [0.15, 0.2) is 5.15 Å². The molecule has 0 atom stereocenters. The van der Waals surface area contributed by atoms with Gasteiger partial charge in [-0.2, -0.15) is 4.98 Å². The van der Waals surface area contributed by atoms with Crippen LogP contribution in [0.15, 0.2) is 243 Å². The lowest BCUT2D eigenvalue weighted by Crippen LogP contribution is -1.86. The lowest BCUT2D eigenvalue weighted by Gasteiger charge is -2.06. The van der Waals surface area contributed by atoms with E-state index >= 15 is 0 Å². The first-order valence-electron chi connectivity index (χ1n) is 25.0. The van der Waals surface area contributed by atoms with Crippen molar-refractivity contribution in [2.75, 3.05) is 0 Å². The van der Waals surface area contributed by atoms with Gasteiger partial charge in [-0.15, -0.1) is 0 Å². The maximum atomic E-state index is 6.33. The Bertz CT molecular complexity index is 4780. The number of nitrogens with zero attached hydrogens (tertiary/aromatic N) is 6. The molecule has 10 aromatic carbocycles. The predicted octanol–water partition coefficient (Wildman–Crippen LogP) is 19.3. The Morgan fingerprint density at radius 3 is 1.19 bits per heavy atom. The van der Waals surface area contributed by atoms with Gasteiger partial charge in [0.25, 0.3) is 0 Å². The van der Waals surface area contributed by atoms with E-state index in [-0.39, 0.29) is 0 Å². The van der Waals surface area contributed by atoms with Crippen molar-refractivity contribution in [2.45, 2.75) is 0 Å². The standard InChI is InChI=1S/C26H15ClN2O.C20H11BrN2O.C20H11ClN2O/c27-19-11-6-10-18(13-19)22-15-28-24-23-20-12-5-4-9-17(20)14-21(16-7-2-1-3-8-16)25(23)30-26(24)29-22;2*21-16-11-22-18-17-14-9-5-4-8-13(14)10-15(12-6-2-1-3-7-12)19(17)24-20(18)23-16/h1-15H;2*1-11H. The second-order valence-electron chi connectivity index (χ2n) is 18.6. The van der Waals surface area contributed by atoms with Crippen molar-refractivity contribution in [1.29, 1.82) is 0 Å². The molecule has 6 aromatic heterocycles. The quantitative estimate of drug-likeness (QED) is 0.170. The molecule has 0 saturated heterocycles. The van der Waals surface area contributed by atoms with Gasteiger partial charge < -0.3 is 13.3 Å². The van der Waals surface area contributed by atoms with Crippen molar-refractivity contribution in [3.8, 4) is 44.6 Å². The summed E-state index contributed by atoms with van der Waals surface area (Å²) in [5.74, 6) is 0. The summed E-state index contributed by atoms with van der Waals surface area (Å²) in [6.45, 7) is 0. The zero-order valence-electron chi connectivity index (χ0n) is 40.9. The number of rotatable bonds is 4. The highest BCUT2D eigenvalue weighted by Gasteiger charge is 2.21. The molecular formula is C66H37BrCl2N6O3. The van der Waals surface area contributed by atoms with Crippen LogP contribution in [0.5, 0.6) is 0 Å². The Morgan fingerprint density at radius 2 is 0.731 bits per heavy atom. The summed E-state index contributed by atoms with van der Waals surface area (Å²) >= 11 is 15.5. The summed E-state index contributed by atoms with van der Waals surface area (Å²) in [4.78, 5) is 27.3. The molecule has 0 fully saturated rings. The third-order valence-electron chi connectivity index (χ3n) is 13.8. The van der Waals surface area contributed by atoms with Crippen LogP contribution in [0.3, 0.4) is 0 Å². The van der Waals surface area contributed by atoms with E-state index in [4.69, 9.17) is 46.4 Å². The number of benzene rings is 10. The molecule has 16 aromatic rings. The van der Waals surface area contributed by atoms with Crippen molar-refractivity contribution >= 4 is 138 Å². The minimum absolute atomic E-state index is 0.326. The topological polar surface area (TPSA) is 117 Å². The van der Waals surface area contributed by atoms with Crippen LogP contribution in [0.25, 0.3) is 144 Å². The van der Waals surface area contributed by atoms with Crippen LogP contribution < -0.4 is 0 Å². The maximum Gasteiger partial charge on any atom is 0.247 e. The lowest BCUT2D eigenvalue weighted by molar-refractivity contribution is 0.653. The van der Waals surface area contributed by atoms with E-state index in [1.807, 2.05) is 115 Å². The van der Waals surface area contributed by atoms with Crippen LogP contribution in [0.1, 0.15) is 0 Å². The van der Waals surface area contributed by atoms with Gasteiger partial charge in [0.05, 0.1) is 40.4 Å². The first kappa shape index (κ1) is 47.2. The van der Waals surface area contributed by atoms with Crippen molar-refractivity contribution < 1.29 is 13.3 Å². The highest BCUT2D eigenvalue weighted by atomic mass is 79.9. The molecule has 16 rings (SSSR count). The Balaban J connectivity index is 0.000000107. The Hall–Kier alpha value is -9.32. The van der Waals surface area contributed by atoms with Crippen LogP contribution in [0.4, 0.5) is 0 Å². The summed E-state index contributed by atoms with van der Waals surface area (Å²) in [5.41, 5.74) is 14.3. The highest BCUT2D eigenvalue weighted by Crippen LogP contribution is 2.43. The zero-order chi connectivity index (χ0) is 52.3. The molecule has 0 unspecified atom stereocenters. The number of fused-ring (bicyclic) bond motifs is 15. The second-order valence-corrected chi connectivity index (χ2v) is 20.2. The highest BCUT2D eigenvalue weighted by molar-refractivity contribution is 9.10. The number of hydrogen-bond acceptors (Lipinski definition) is 9. The molecule has 0 aliphatic carbocycles. The molecular weight excluding hydrogens is 1080 g/mol. The minimum atomic E-state index is 0.326. The zero-order valence-corrected chi connectivity index (χ0v) is 44.0. The first-order chi connectivity index (χ1) is 38.4. The largest absolute Gasteiger partial charge is 0.436 e. The molecule has 9 nitrogen and oxygen atoms in total. The number of halogens is 3. The molecule has 0 bridgehead atoms. The fourth-order valence-corrected chi connectivity index (χ4v) is 11.0.